The molecule has 5 nitrogen and oxygen atoms in total. The van der Waals surface area contributed by atoms with Crippen molar-refractivity contribution in [3.8, 4) is 11.5 Å². The molecule has 7 heteroatoms. The SMILES string of the molecule is COc1ccc(I)cc1S(=O)(=O)Oc1cccc2ccc(C)nc12. The maximum absolute atomic E-state index is 12.7. The van der Waals surface area contributed by atoms with Gasteiger partial charge in [0.2, 0.25) is 0 Å². The highest BCUT2D eigenvalue weighted by molar-refractivity contribution is 14.1. The number of benzene rings is 2. The summed E-state index contributed by atoms with van der Waals surface area (Å²) in [4.78, 5) is 4.38. The Balaban J connectivity index is 2.11. The van der Waals surface area contributed by atoms with Crippen LogP contribution in [0.3, 0.4) is 0 Å². The van der Waals surface area contributed by atoms with Crippen LogP contribution in [0.4, 0.5) is 0 Å². The number of aromatic nitrogens is 1. The van der Waals surface area contributed by atoms with Crippen molar-refractivity contribution < 1.29 is 17.3 Å². The molecule has 0 fully saturated rings. The molecule has 124 valence electrons. The maximum Gasteiger partial charge on any atom is 0.343 e. The molecule has 3 aromatic rings. The smallest absolute Gasteiger partial charge is 0.343 e. The molecule has 3 rings (SSSR count). The first-order valence-corrected chi connectivity index (χ1v) is 9.54. The second kappa shape index (κ2) is 6.56. The van der Waals surface area contributed by atoms with E-state index in [2.05, 4.69) is 4.98 Å². The third-order valence-corrected chi connectivity index (χ3v) is 5.34. The number of pyridine rings is 1. The number of halogens is 1. The second-order valence-corrected chi connectivity index (χ2v) is 7.87. The number of aryl methyl sites for hydroxylation is 1. The molecular weight excluding hydrogens is 441 g/mol. The summed E-state index contributed by atoms with van der Waals surface area (Å²) in [5.74, 6) is 0.428. The molecule has 1 aromatic heterocycles. The Bertz CT molecular complexity index is 1020. The summed E-state index contributed by atoms with van der Waals surface area (Å²) in [5, 5.41) is 0.808. The standard InChI is InChI=1S/C17H14INO4S/c1-11-6-7-12-4-3-5-15(17(12)19-11)23-24(20,21)16-10-13(18)8-9-14(16)22-2/h3-10H,1-2H3. The molecule has 0 N–H and O–H groups in total. The van der Waals surface area contributed by atoms with Gasteiger partial charge in [-0.1, -0.05) is 18.2 Å². The fourth-order valence-electron chi connectivity index (χ4n) is 2.29. The van der Waals surface area contributed by atoms with Crippen molar-refractivity contribution >= 4 is 43.6 Å². The number of hydrogen-bond acceptors (Lipinski definition) is 5. The normalized spacial score (nSPS) is 11.5. The summed E-state index contributed by atoms with van der Waals surface area (Å²) in [5.41, 5.74) is 1.29. The summed E-state index contributed by atoms with van der Waals surface area (Å²) in [6.45, 7) is 1.84. The minimum Gasteiger partial charge on any atom is -0.495 e. The predicted molar refractivity (Wildman–Crippen MR) is 100 cm³/mol. The molecule has 0 saturated carbocycles. The summed E-state index contributed by atoms with van der Waals surface area (Å²) in [7, 11) is -2.63. The van der Waals surface area contributed by atoms with Crippen LogP contribution in [-0.2, 0) is 10.1 Å². The van der Waals surface area contributed by atoms with Gasteiger partial charge >= 0.3 is 10.1 Å². The van der Waals surface area contributed by atoms with Crippen molar-refractivity contribution in [2.24, 2.45) is 0 Å². The topological polar surface area (TPSA) is 65.5 Å². The molecule has 0 amide bonds. The van der Waals surface area contributed by atoms with E-state index in [4.69, 9.17) is 8.92 Å². The molecule has 0 saturated heterocycles. The van der Waals surface area contributed by atoms with Crippen LogP contribution in [0.2, 0.25) is 0 Å². The Morgan fingerprint density at radius 2 is 1.83 bits per heavy atom. The number of rotatable bonds is 4. The van der Waals surface area contributed by atoms with Gasteiger partial charge in [-0.15, -0.1) is 0 Å². The molecule has 0 aliphatic carbocycles. The molecule has 0 spiro atoms. The van der Waals surface area contributed by atoms with E-state index in [0.29, 0.717) is 5.52 Å². The van der Waals surface area contributed by atoms with Gasteiger partial charge in [-0.2, -0.15) is 8.42 Å². The monoisotopic (exact) mass is 455 g/mol. The first kappa shape index (κ1) is 17.0. The number of hydrogen-bond donors (Lipinski definition) is 0. The van der Waals surface area contributed by atoms with Gasteiger partial charge in [0.25, 0.3) is 0 Å². The van der Waals surface area contributed by atoms with E-state index in [-0.39, 0.29) is 16.4 Å². The average molecular weight is 455 g/mol. The van der Waals surface area contributed by atoms with Gasteiger partial charge in [-0.05, 0) is 59.8 Å². The van der Waals surface area contributed by atoms with E-state index < -0.39 is 10.1 Å². The molecule has 0 radical (unpaired) electrons. The Kier molecular flexibility index (Phi) is 4.64. The van der Waals surface area contributed by atoms with Crippen LogP contribution < -0.4 is 8.92 Å². The third kappa shape index (κ3) is 3.32. The lowest BCUT2D eigenvalue weighted by molar-refractivity contribution is 0.398. The average Bonchev–Trinajstić information content (AvgIpc) is 2.55. The zero-order chi connectivity index (χ0) is 17.3. The fraction of sp³-hybridized carbons (Fsp3) is 0.118. The van der Waals surface area contributed by atoms with Crippen LogP contribution in [0, 0.1) is 10.5 Å². The summed E-state index contributed by atoms with van der Waals surface area (Å²) in [6, 6.07) is 13.8. The van der Waals surface area contributed by atoms with Gasteiger partial charge in [0.15, 0.2) is 5.75 Å². The van der Waals surface area contributed by atoms with E-state index in [1.165, 1.54) is 13.2 Å². The molecule has 1 heterocycles. The molecule has 0 atom stereocenters. The molecule has 0 bridgehead atoms. The molecule has 0 aliphatic rings. The van der Waals surface area contributed by atoms with Crippen LogP contribution in [-0.4, -0.2) is 20.5 Å². The van der Waals surface area contributed by atoms with Gasteiger partial charge in [0.1, 0.15) is 16.2 Å². The predicted octanol–water partition coefficient (Wildman–Crippen LogP) is 3.92. The first-order valence-electron chi connectivity index (χ1n) is 7.05. The van der Waals surface area contributed by atoms with Gasteiger partial charge < -0.3 is 8.92 Å². The van der Waals surface area contributed by atoms with Gasteiger partial charge in [0.05, 0.1) is 7.11 Å². The van der Waals surface area contributed by atoms with Crippen molar-refractivity contribution in [1.29, 1.82) is 0 Å². The number of ether oxygens (including phenoxy) is 1. The molecule has 0 aliphatic heterocycles. The van der Waals surface area contributed by atoms with Gasteiger partial charge in [0, 0.05) is 14.7 Å². The third-order valence-electron chi connectivity index (χ3n) is 3.42. The van der Waals surface area contributed by atoms with Crippen molar-refractivity contribution in [2.45, 2.75) is 11.8 Å². The Morgan fingerprint density at radius 3 is 2.58 bits per heavy atom. The zero-order valence-electron chi connectivity index (χ0n) is 13.0. The van der Waals surface area contributed by atoms with Crippen LogP contribution in [0.25, 0.3) is 10.9 Å². The highest BCUT2D eigenvalue weighted by atomic mass is 127. The van der Waals surface area contributed by atoms with Crippen LogP contribution >= 0.6 is 22.6 Å². The van der Waals surface area contributed by atoms with Gasteiger partial charge in [-0.25, -0.2) is 4.98 Å². The lowest BCUT2D eigenvalue weighted by atomic mass is 10.2. The second-order valence-electron chi connectivity index (χ2n) is 5.11. The van der Waals surface area contributed by atoms with E-state index in [0.717, 1.165) is 14.7 Å². The maximum atomic E-state index is 12.7. The molecule has 24 heavy (non-hydrogen) atoms. The summed E-state index contributed by atoms with van der Waals surface area (Å²) >= 11 is 2.04. The van der Waals surface area contributed by atoms with Crippen LogP contribution in [0.1, 0.15) is 5.69 Å². The van der Waals surface area contributed by atoms with Crippen molar-refractivity contribution in [3.63, 3.8) is 0 Å². The number of para-hydroxylation sites is 1. The van der Waals surface area contributed by atoms with Crippen LogP contribution in [0.5, 0.6) is 11.5 Å². The Morgan fingerprint density at radius 1 is 1.04 bits per heavy atom. The highest BCUT2D eigenvalue weighted by Gasteiger charge is 2.23. The molecular formula is C17H14INO4S. The van der Waals surface area contributed by atoms with E-state index in [1.54, 1.807) is 24.3 Å². The quantitative estimate of drug-likeness (QED) is 0.441. The van der Waals surface area contributed by atoms with E-state index >= 15 is 0 Å². The van der Waals surface area contributed by atoms with E-state index in [9.17, 15) is 8.42 Å². The van der Waals surface area contributed by atoms with Crippen molar-refractivity contribution in [3.05, 3.63) is 57.8 Å². The summed E-state index contributed by atoms with van der Waals surface area (Å²) < 4.78 is 36.8. The van der Waals surface area contributed by atoms with Gasteiger partial charge in [-0.3, -0.25) is 0 Å². The van der Waals surface area contributed by atoms with Crippen molar-refractivity contribution in [1.82, 2.24) is 4.98 Å². The Hall–Kier alpha value is -1.87. The number of nitrogens with zero attached hydrogens (tertiary/aromatic N) is 1. The zero-order valence-corrected chi connectivity index (χ0v) is 16.0. The largest absolute Gasteiger partial charge is 0.495 e. The minimum absolute atomic E-state index is 0.0124. The fourth-order valence-corrected chi connectivity index (χ4v) is 4.13. The lowest BCUT2D eigenvalue weighted by Crippen LogP contribution is -2.12. The number of fused-ring (bicyclic) bond motifs is 1. The lowest BCUT2D eigenvalue weighted by Gasteiger charge is -2.12. The van der Waals surface area contributed by atoms with Crippen molar-refractivity contribution in [2.75, 3.05) is 7.11 Å². The number of methoxy groups -OCH3 is 1. The highest BCUT2D eigenvalue weighted by Crippen LogP contribution is 2.31. The minimum atomic E-state index is -4.05. The van der Waals surface area contributed by atoms with E-state index in [1.807, 2.05) is 47.7 Å². The Labute approximate surface area is 153 Å². The van der Waals surface area contributed by atoms with Crippen LogP contribution in [0.15, 0.2) is 53.4 Å². The molecule has 0 unspecified atom stereocenters. The molecule has 2 aromatic carbocycles. The summed E-state index contributed by atoms with van der Waals surface area (Å²) in [6.07, 6.45) is 0. The first-order chi connectivity index (χ1) is 11.4.